The average Bonchev–Trinajstić information content (AvgIpc) is 2.91. The Morgan fingerprint density at radius 2 is 2.05 bits per heavy atom. The van der Waals surface area contributed by atoms with Crippen molar-refractivity contribution in [1.29, 1.82) is 0 Å². The number of benzene rings is 1. The number of halogens is 2. The van der Waals surface area contributed by atoms with Gasteiger partial charge >= 0.3 is 0 Å². The van der Waals surface area contributed by atoms with E-state index in [1.807, 2.05) is 23.5 Å². The first-order valence-corrected chi connectivity index (χ1v) is 8.76. The molecule has 1 aliphatic heterocycles. The van der Waals surface area contributed by atoms with E-state index >= 15 is 0 Å². The molecule has 0 aliphatic carbocycles. The van der Waals surface area contributed by atoms with E-state index in [0.717, 1.165) is 22.0 Å². The van der Waals surface area contributed by atoms with Crippen molar-refractivity contribution in [3.8, 4) is 0 Å². The van der Waals surface area contributed by atoms with Gasteiger partial charge in [0, 0.05) is 27.5 Å². The molecule has 0 radical (unpaired) electrons. The molecule has 1 saturated heterocycles. The zero-order valence-electron chi connectivity index (χ0n) is 12.0. The molecule has 21 heavy (non-hydrogen) atoms. The summed E-state index contributed by atoms with van der Waals surface area (Å²) in [7, 11) is 2.19. The van der Waals surface area contributed by atoms with Crippen LogP contribution in [0.5, 0.6) is 0 Å². The third-order valence-corrected chi connectivity index (χ3v) is 5.80. The Hall–Kier alpha value is -0.610. The SMILES string of the molecule is CN1CCC(c2cnc(Cc3ccc(Cl)cc3Cl)s2)CC1. The van der Waals surface area contributed by atoms with Crippen LogP contribution in [0.2, 0.25) is 10.0 Å². The summed E-state index contributed by atoms with van der Waals surface area (Å²) < 4.78 is 0. The maximum Gasteiger partial charge on any atom is 0.0972 e. The van der Waals surface area contributed by atoms with Crippen molar-refractivity contribution >= 4 is 34.5 Å². The minimum atomic E-state index is 0.674. The predicted molar refractivity (Wildman–Crippen MR) is 90.9 cm³/mol. The average molecular weight is 341 g/mol. The number of nitrogens with zero attached hydrogens (tertiary/aromatic N) is 2. The molecule has 112 valence electrons. The smallest absolute Gasteiger partial charge is 0.0972 e. The zero-order valence-corrected chi connectivity index (χ0v) is 14.3. The van der Waals surface area contributed by atoms with Crippen molar-refractivity contribution < 1.29 is 0 Å². The molecule has 1 fully saturated rings. The molecule has 1 aliphatic rings. The lowest BCUT2D eigenvalue weighted by Gasteiger charge is -2.27. The van der Waals surface area contributed by atoms with Crippen LogP contribution in [-0.2, 0) is 6.42 Å². The molecular formula is C16H18Cl2N2S. The fourth-order valence-corrected chi connectivity index (χ4v) is 4.30. The molecule has 1 aromatic heterocycles. The first-order valence-electron chi connectivity index (χ1n) is 7.19. The maximum atomic E-state index is 6.24. The van der Waals surface area contributed by atoms with Gasteiger partial charge in [-0.2, -0.15) is 0 Å². The number of hydrogen-bond donors (Lipinski definition) is 0. The van der Waals surface area contributed by atoms with Crippen molar-refractivity contribution in [3.63, 3.8) is 0 Å². The van der Waals surface area contributed by atoms with E-state index in [9.17, 15) is 0 Å². The summed E-state index contributed by atoms with van der Waals surface area (Å²) in [6.07, 6.45) is 5.31. The van der Waals surface area contributed by atoms with Gasteiger partial charge in [0.1, 0.15) is 0 Å². The molecule has 2 aromatic rings. The Morgan fingerprint density at radius 1 is 1.29 bits per heavy atom. The number of likely N-dealkylation sites (tertiary alicyclic amines) is 1. The van der Waals surface area contributed by atoms with Crippen molar-refractivity contribution in [2.45, 2.75) is 25.2 Å². The van der Waals surface area contributed by atoms with Gasteiger partial charge in [0.15, 0.2) is 0 Å². The maximum absolute atomic E-state index is 6.24. The van der Waals surface area contributed by atoms with E-state index in [1.54, 1.807) is 6.07 Å². The number of thiazole rings is 1. The number of hydrogen-bond acceptors (Lipinski definition) is 3. The second kappa shape index (κ2) is 6.66. The minimum Gasteiger partial charge on any atom is -0.306 e. The lowest BCUT2D eigenvalue weighted by molar-refractivity contribution is 0.257. The summed E-state index contributed by atoms with van der Waals surface area (Å²) >= 11 is 14.0. The van der Waals surface area contributed by atoms with E-state index in [0.29, 0.717) is 10.9 Å². The third kappa shape index (κ3) is 3.78. The molecule has 0 spiro atoms. The van der Waals surface area contributed by atoms with Gasteiger partial charge in [0.25, 0.3) is 0 Å². The summed E-state index contributed by atoms with van der Waals surface area (Å²) in [6, 6.07) is 5.67. The van der Waals surface area contributed by atoms with Crippen molar-refractivity contribution in [2.75, 3.05) is 20.1 Å². The normalized spacial score (nSPS) is 17.3. The molecule has 0 amide bonds. The number of rotatable bonds is 3. The summed E-state index contributed by atoms with van der Waals surface area (Å²) in [5.74, 6) is 0.674. The highest BCUT2D eigenvalue weighted by atomic mass is 35.5. The molecular weight excluding hydrogens is 323 g/mol. The van der Waals surface area contributed by atoms with Gasteiger partial charge in [-0.1, -0.05) is 29.3 Å². The summed E-state index contributed by atoms with van der Waals surface area (Å²) in [4.78, 5) is 8.40. The van der Waals surface area contributed by atoms with Gasteiger partial charge in [0.2, 0.25) is 0 Å². The molecule has 0 atom stereocenters. The quantitative estimate of drug-likeness (QED) is 0.793. The predicted octanol–water partition coefficient (Wildman–Crippen LogP) is 4.85. The Balaban J connectivity index is 1.70. The first kappa shape index (κ1) is 15.3. The van der Waals surface area contributed by atoms with Crippen LogP contribution in [0.1, 0.15) is 34.2 Å². The van der Waals surface area contributed by atoms with Crippen LogP contribution in [0.25, 0.3) is 0 Å². The topological polar surface area (TPSA) is 16.1 Å². The first-order chi connectivity index (χ1) is 10.1. The van der Waals surface area contributed by atoms with Gasteiger partial charge in [-0.3, -0.25) is 0 Å². The van der Waals surface area contributed by atoms with Crippen LogP contribution in [0.15, 0.2) is 24.4 Å². The van der Waals surface area contributed by atoms with Crippen LogP contribution < -0.4 is 0 Å². The molecule has 0 unspecified atom stereocenters. The van der Waals surface area contributed by atoms with Gasteiger partial charge in [0.05, 0.1) is 5.01 Å². The zero-order chi connectivity index (χ0) is 14.8. The highest BCUT2D eigenvalue weighted by molar-refractivity contribution is 7.11. The van der Waals surface area contributed by atoms with E-state index in [2.05, 4.69) is 23.1 Å². The standard InChI is InChI=1S/C16H18Cl2N2S/c1-20-6-4-11(5-7-20)15-10-19-16(21-15)8-12-2-3-13(17)9-14(12)18/h2-3,9-11H,4-8H2,1H3. The van der Waals surface area contributed by atoms with Crippen LogP contribution in [0.4, 0.5) is 0 Å². The molecule has 0 bridgehead atoms. The van der Waals surface area contributed by atoms with Crippen LogP contribution in [0.3, 0.4) is 0 Å². The van der Waals surface area contributed by atoms with E-state index in [1.165, 1.54) is 30.8 Å². The Bertz CT molecular complexity index is 618. The van der Waals surface area contributed by atoms with Crippen molar-refractivity contribution in [3.05, 3.63) is 49.9 Å². The Morgan fingerprint density at radius 3 is 2.76 bits per heavy atom. The second-order valence-corrected chi connectivity index (χ2v) is 7.64. The molecule has 2 nitrogen and oxygen atoms in total. The van der Waals surface area contributed by atoms with Gasteiger partial charge in [-0.25, -0.2) is 4.98 Å². The van der Waals surface area contributed by atoms with Crippen molar-refractivity contribution in [2.24, 2.45) is 0 Å². The molecule has 0 saturated carbocycles. The lowest BCUT2D eigenvalue weighted by Crippen LogP contribution is -2.28. The Kier molecular flexibility index (Phi) is 4.85. The van der Waals surface area contributed by atoms with E-state index in [-0.39, 0.29) is 0 Å². The van der Waals surface area contributed by atoms with Gasteiger partial charge < -0.3 is 4.90 Å². The van der Waals surface area contributed by atoms with E-state index < -0.39 is 0 Å². The van der Waals surface area contributed by atoms with Gasteiger partial charge in [-0.15, -0.1) is 11.3 Å². The minimum absolute atomic E-state index is 0.674. The number of aromatic nitrogens is 1. The highest BCUT2D eigenvalue weighted by Crippen LogP contribution is 2.32. The monoisotopic (exact) mass is 340 g/mol. The molecule has 2 heterocycles. The molecule has 5 heteroatoms. The molecule has 1 aromatic carbocycles. The highest BCUT2D eigenvalue weighted by Gasteiger charge is 2.20. The third-order valence-electron chi connectivity index (χ3n) is 4.05. The molecule has 0 N–H and O–H groups in total. The molecule has 3 rings (SSSR count). The van der Waals surface area contributed by atoms with Gasteiger partial charge in [-0.05, 0) is 56.6 Å². The fourth-order valence-electron chi connectivity index (χ4n) is 2.72. The van der Waals surface area contributed by atoms with Crippen LogP contribution in [-0.4, -0.2) is 30.0 Å². The summed E-state index contributed by atoms with van der Waals surface area (Å²) in [5, 5.41) is 2.53. The summed E-state index contributed by atoms with van der Waals surface area (Å²) in [6.45, 7) is 2.36. The number of piperidine rings is 1. The van der Waals surface area contributed by atoms with Crippen LogP contribution in [0, 0.1) is 0 Å². The summed E-state index contributed by atoms with van der Waals surface area (Å²) in [5.41, 5.74) is 1.09. The lowest BCUT2D eigenvalue weighted by atomic mass is 9.96. The van der Waals surface area contributed by atoms with Crippen molar-refractivity contribution in [1.82, 2.24) is 9.88 Å². The Labute approximate surface area is 139 Å². The largest absolute Gasteiger partial charge is 0.306 e. The van der Waals surface area contributed by atoms with Crippen LogP contribution >= 0.6 is 34.5 Å². The fraction of sp³-hybridized carbons (Fsp3) is 0.438. The second-order valence-electron chi connectivity index (χ2n) is 5.65. The van der Waals surface area contributed by atoms with E-state index in [4.69, 9.17) is 23.2 Å².